The van der Waals surface area contributed by atoms with Crippen LogP contribution in [0.2, 0.25) is 0 Å². The van der Waals surface area contributed by atoms with Crippen molar-refractivity contribution in [2.75, 3.05) is 0 Å². The third-order valence-electron chi connectivity index (χ3n) is 2.01. The van der Waals surface area contributed by atoms with Crippen LogP contribution in [0.1, 0.15) is 12.5 Å². The van der Waals surface area contributed by atoms with Gasteiger partial charge in [0.05, 0.1) is 6.04 Å². The lowest BCUT2D eigenvalue weighted by Gasteiger charge is -2.08. The van der Waals surface area contributed by atoms with Crippen LogP contribution < -0.4 is 11.1 Å². The van der Waals surface area contributed by atoms with E-state index in [9.17, 15) is 9.59 Å². The number of hydrogen-bond acceptors (Lipinski definition) is 3. The van der Waals surface area contributed by atoms with Gasteiger partial charge in [-0.2, -0.15) is 0 Å². The van der Waals surface area contributed by atoms with Crippen LogP contribution in [0.5, 0.6) is 0 Å². The second-order valence-electron chi connectivity index (χ2n) is 3.55. The number of carbonyl (C=O) groups excluding carboxylic acids is 1. The third-order valence-corrected chi connectivity index (χ3v) is 2.01. The van der Waals surface area contributed by atoms with E-state index in [4.69, 9.17) is 10.8 Å². The van der Waals surface area contributed by atoms with Crippen LogP contribution in [-0.4, -0.2) is 23.0 Å². The molecule has 0 aliphatic heterocycles. The van der Waals surface area contributed by atoms with Gasteiger partial charge in [-0.25, -0.2) is 4.79 Å². The highest BCUT2D eigenvalue weighted by atomic mass is 16.4. The number of carboxylic acids is 1. The Balaban J connectivity index is 2.91. The maximum absolute atomic E-state index is 11.3. The van der Waals surface area contributed by atoms with Crippen LogP contribution in [0.15, 0.2) is 36.0 Å². The SMILES string of the molecule is C[C@H](N)C(=O)N/C(=C\c1ccccc1)C(=O)O. The van der Waals surface area contributed by atoms with Crippen molar-refractivity contribution < 1.29 is 14.7 Å². The van der Waals surface area contributed by atoms with E-state index in [1.54, 1.807) is 24.3 Å². The Morgan fingerprint density at radius 3 is 2.41 bits per heavy atom. The molecule has 0 unspecified atom stereocenters. The van der Waals surface area contributed by atoms with Gasteiger partial charge in [-0.05, 0) is 18.6 Å². The number of carboxylic acid groups (broad SMARTS) is 1. The lowest BCUT2D eigenvalue weighted by Crippen LogP contribution is -2.39. The summed E-state index contributed by atoms with van der Waals surface area (Å²) in [5, 5.41) is 11.2. The van der Waals surface area contributed by atoms with E-state index in [1.165, 1.54) is 13.0 Å². The Kier molecular flexibility index (Phi) is 4.42. The zero-order chi connectivity index (χ0) is 12.8. The van der Waals surface area contributed by atoms with Gasteiger partial charge in [-0.3, -0.25) is 4.79 Å². The molecule has 1 atom stereocenters. The van der Waals surface area contributed by atoms with Crippen molar-refractivity contribution in [2.24, 2.45) is 5.73 Å². The van der Waals surface area contributed by atoms with Gasteiger partial charge in [0.25, 0.3) is 0 Å². The summed E-state index contributed by atoms with van der Waals surface area (Å²) >= 11 is 0. The highest BCUT2D eigenvalue weighted by Crippen LogP contribution is 2.05. The van der Waals surface area contributed by atoms with Gasteiger partial charge in [0.15, 0.2) is 0 Å². The maximum atomic E-state index is 11.3. The smallest absolute Gasteiger partial charge is 0.352 e. The van der Waals surface area contributed by atoms with Crippen molar-refractivity contribution >= 4 is 18.0 Å². The van der Waals surface area contributed by atoms with Crippen LogP contribution >= 0.6 is 0 Å². The van der Waals surface area contributed by atoms with Crippen molar-refractivity contribution in [1.29, 1.82) is 0 Å². The van der Waals surface area contributed by atoms with E-state index in [2.05, 4.69) is 5.32 Å². The Labute approximate surface area is 98.9 Å². The summed E-state index contributed by atoms with van der Waals surface area (Å²) in [5.74, 6) is -1.74. The molecule has 4 N–H and O–H groups in total. The van der Waals surface area contributed by atoms with Crippen LogP contribution in [0.3, 0.4) is 0 Å². The van der Waals surface area contributed by atoms with Crippen LogP contribution in [0, 0.1) is 0 Å². The first-order chi connectivity index (χ1) is 8.00. The van der Waals surface area contributed by atoms with Gasteiger partial charge >= 0.3 is 5.97 Å². The molecule has 0 fully saturated rings. The highest BCUT2D eigenvalue weighted by molar-refractivity contribution is 5.97. The fraction of sp³-hybridized carbons (Fsp3) is 0.167. The number of amides is 1. The largest absolute Gasteiger partial charge is 0.477 e. The molecule has 0 saturated carbocycles. The van der Waals surface area contributed by atoms with Gasteiger partial charge in [0.2, 0.25) is 5.91 Å². The molecule has 0 heterocycles. The zero-order valence-corrected chi connectivity index (χ0v) is 9.38. The van der Waals surface area contributed by atoms with E-state index in [0.29, 0.717) is 5.56 Å². The van der Waals surface area contributed by atoms with E-state index in [0.717, 1.165) is 0 Å². The summed E-state index contributed by atoms with van der Waals surface area (Å²) in [6.07, 6.45) is 1.38. The molecule has 5 heteroatoms. The normalized spacial score (nSPS) is 12.9. The lowest BCUT2D eigenvalue weighted by atomic mass is 10.2. The van der Waals surface area contributed by atoms with Crippen LogP contribution in [0.25, 0.3) is 6.08 Å². The number of rotatable bonds is 4. The lowest BCUT2D eigenvalue weighted by molar-refractivity contribution is -0.134. The van der Waals surface area contributed by atoms with Gasteiger partial charge in [-0.15, -0.1) is 0 Å². The Morgan fingerprint density at radius 2 is 1.94 bits per heavy atom. The molecule has 0 aliphatic carbocycles. The number of benzene rings is 1. The summed E-state index contributed by atoms with van der Waals surface area (Å²) in [4.78, 5) is 22.2. The van der Waals surface area contributed by atoms with Crippen molar-refractivity contribution in [3.05, 3.63) is 41.6 Å². The molecule has 1 aromatic rings. The Bertz CT molecular complexity index is 438. The quantitative estimate of drug-likeness (QED) is 0.664. The molecule has 0 saturated heterocycles. The zero-order valence-electron chi connectivity index (χ0n) is 9.38. The molecule has 0 radical (unpaired) electrons. The number of aliphatic carboxylic acids is 1. The minimum absolute atomic E-state index is 0.196. The average Bonchev–Trinajstić information content (AvgIpc) is 2.29. The number of carbonyl (C=O) groups is 2. The Morgan fingerprint density at radius 1 is 1.35 bits per heavy atom. The Hall–Kier alpha value is -2.14. The van der Waals surface area contributed by atoms with Crippen molar-refractivity contribution in [2.45, 2.75) is 13.0 Å². The van der Waals surface area contributed by atoms with Crippen LogP contribution in [0.4, 0.5) is 0 Å². The van der Waals surface area contributed by atoms with E-state index in [-0.39, 0.29) is 5.70 Å². The summed E-state index contributed by atoms with van der Waals surface area (Å²) in [7, 11) is 0. The predicted molar refractivity (Wildman–Crippen MR) is 63.8 cm³/mol. The van der Waals surface area contributed by atoms with Gasteiger partial charge in [0, 0.05) is 0 Å². The van der Waals surface area contributed by atoms with Crippen LogP contribution in [-0.2, 0) is 9.59 Å². The molecule has 0 bridgehead atoms. The average molecular weight is 234 g/mol. The molecular weight excluding hydrogens is 220 g/mol. The van der Waals surface area contributed by atoms with E-state index >= 15 is 0 Å². The number of nitrogens with one attached hydrogen (secondary N) is 1. The molecule has 0 spiro atoms. The van der Waals surface area contributed by atoms with E-state index in [1.807, 2.05) is 6.07 Å². The summed E-state index contributed by atoms with van der Waals surface area (Å²) < 4.78 is 0. The molecule has 17 heavy (non-hydrogen) atoms. The first-order valence-corrected chi connectivity index (χ1v) is 5.07. The van der Waals surface area contributed by atoms with Gasteiger partial charge in [-0.1, -0.05) is 30.3 Å². The van der Waals surface area contributed by atoms with Gasteiger partial charge < -0.3 is 16.2 Å². The standard InChI is InChI=1S/C12H14N2O3/c1-8(13)11(15)14-10(12(16)17)7-9-5-3-2-4-6-9/h2-8H,13H2,1H3,(H,14,15)(H,16,17)/b10-7-/t8-/m0/s1. The highest BCUT2D eigenvalue weighted by Gasteiger charge is 2.14. The topological polar surface area (TPSA) is 92.4 Å². The van der Waals surface area contributed by atoms with Gasteiger partial charge in [0.1, 0.15) is 5.70 Å². The first-order valence-electron chi connectivity index (χ1n) is 5.07. The minimum atomic E-state index is -1.21. The molecule has 1 rings (SSSR count). The molecular formula is C12H14N2O3. The molecule has 1 aromatic carbocycles. The fourth-order valence-electron chi connectivity index (χ4n) is 1.11. The molecule has 5 nitrogen and oxygen atoms in total. The van der Waals surface area contributed by atoms with Crippen molar-refractivity contribution in [3.8, 4) is 0 Å². The summed E-state index contributed by atoms with van der Waals surface area (Å²) in [5.41, 5.74) is 5.84. The number of hydrogen-bond donors (Lipinski definition) is 3. The molecule has 90 valence electrons. The minimum Gasteiger partial charge on any atom is -0.477 e. The molecule has 1 amide bonds. The van der Waals surface area contributed by atoms with Crippen molar-refractivity contribution in [1.82, 2.24) is 5.32 Å². The summed E-state index contributed by atoms with van der Waals surface area (Å²) in [6.45, 7) is 1.48. The monoisotopic (exact) mass is 234 g/mol. The second-order valence-corrected chi connectivity index (χ2v) is 3.55. The first kappa shape index (κ1) is 12.9. The second kappa shape index (κ2) is 5.81. The number of nitrogens with two attached hydrogens (primary N) is 1. The molecule has 0 aliphatic rings. The fourth-order valence-corrected chi connectivity index (χ4v) is 1.11. The van der Waals surface area contributed by atoms with Crippen molar-refractivity contribution in [3.63, 3.8) is 0 Å². The summed E-state index contributed by atoms with van der Waals surface area (Å²) in [6, 6.07) is 8.09. The maximum Gasteiger partial charge on any atom is 0.352 e. The third kappa shape index (κ3) is 4.08. The van der Waals surface area contributed by atoms with E-state index < -0.39 is 17.9 Å². The molecule has 0 aromatic heterocycles. The predicted octanol–water partition coefficient (Wildman–Crippen LogP) is 0.575.